The zero-order valence-electron chi connectivity index (χ0n) is 17.9. The van der Waals surface area contributed by atoms with Crippen molar-refractivity contribution in [2.24, 2.45) is 5.41 Å². The smallest absolute Gasteiger partial charge is 0.170 e. The summed E-state index contributed by atoms with van der Waals surface area (Å²) in [5.74, 6) is -1.01. The van der Waals surface area contributed by atoms with Gasteiger partial charge in [0.1, 0.15) is 0 Å². The maximum absolute atomic E-state index is 13.8. The first-order valence-corrected chi connectivity index (χ1v) is 10.3. The molecule has 194 valence electrons. The van der Waals surface area contributed by atoms with E-state index in [-0.39, 0.29) is 16.7 Å². The van der Waals surface area contributed by atoms with Crippen LogP contribution in [0.15, 0.2) is 36.4 Å². The summed E-state index contributed by atoms with van der Waals surface area (Å²) in [6.45, 7) is 1.14. The van der Waals surface area contributed by atoms with Gasteiger partial charge in [-0.25, -0.2) is 0 Å². The Morgan fingerprint density at radius 2 is 1.17 bits per heavy atom. The third-order valence-corrected chi connectivity index (χ3v) is 6.60. The molecule has 0 unspecified atom stereocenters. The summed E-state index contributed by atoms with van der Waals surface area (Å²) in [7, 11) is 0. The summed E-state index contributed by atoms with van der Waals surface area (Å²) in [5, 5.41) is 0. The van der Waals surface area contributed by atoms with Gasteiger partial charge >= 0.3 is 24.7 Å². The van der Waals surface area contributed by atoms with Crippen LogP contribution in [0.3, 0.4) is 0 Å². The topological polar surface area (TPSA) is 0 Å². The minimum Gasteiger partial charge on any atom is -0.170 e. The van der Waals surface area contributed by atoms with Crippen LogP contribution in [0.5, 0.6) is 0 Å². The lowest BCUT2D eigenvalue weighted by Crippen LogP contribution is -2.51. The molecule has 0 heterocycles. The van der Waals surface area contributed by atoms with Crippen LogP contribution in [0.2, 0.25) is 0 Å². The molecule has 1 aliphatic rings. The maximum Gasteiger partial charge on any atom is 0.417 e. The molecule has 0 bridgehead atoms. The SMILES string of the molecule is Cc1ccc(-c2ccc(C3CCC(C(F)(F)F)(C(F)(F)F)CC3)cc2C(F)(F)F)cc1C(F)(F)F. The zero-order valence-corrected chi connectivity index (χ0v) is 17.9. The molecule has 0 amide bonds. The fourth-order valence-electron chi connectivity index (χ4n) is 4.57. The first kappa shape index (κ1) is 27.2. The highest BCUT2D eigenvalue weighted by atomic mass is 19.4. The lowest BCUT2D eigenvalue weighted by Gasteiger charge is -2.42. The van der Waals surface area contributed by atoms with E-state index in [4.69, 9.17) is 0 Å². The molecular formula is C23H18F12. The number of alkyl halides is 12. The largest absolute Gasteiger partial charge is 0.417 e. The predicted molar refractivity (Wildman–Crippen MR) is 102 cm³/mol. The van der Waals surface area contributed by atoms with Gasteiger partial charge in [0.15, 0.2) is 5.41 Å². The quantitative estimate of drug-likeness (QED) is 0.345. The van der Waals surface area contributed by atoms with Crippen LogP contribution in [0.25, 0.3) is 11.1 Å². The summed E-state index contributed by atoms with van der Waals surface area (Å²) in [5.41, 5.74) is -7.67. The van der Waals surface area contributed by atoms with Crippen LogP contribution in [-0.2, 0) is 12.4 Å². The van der Waals surface area contributed by atoms with Crippen molar-refractivity contribution in [3.8, 4) is 11.1 Å². The number of benzene rings is 2. The highest BCUT2D eigenvalue weighted by molar-refractivity contribution is 5.70. The van der Waals surface area contributed by atoms with Gasteiger partial charge < -0.3 is 0 Å². The number of hydrogen-bond acceptors (Lipinski definition) is 0. The Bertz CT molecular complexity index is 1050. The Morgan fingerprint density at radius 3 is 1.63 bits per heavy atom. The van der Waals surface area contributed by atoms with Gasteiger partial charge in [0.2, 0.25) is 0 Å². The van der Waals surface area contributed by atoms with Gasteiger partial charge in [0.05, 0.1) is 11.1 Å². The lowest BCUT2D eigenvalue weighted by atomic mass is 9.67. The van der Waals surface area contributed by atoms with E-state index in [1.54, 1.807) is 0 Å². The van der Waals surface area contributed by atoms with Crippen LogP contribution in [0.1, 0.15) is 53.9 Å². The number of rotatable bonds is 2. The van der Waals surface area contributed by atoms with E-state index in [2.05, 4.69) is 0 Å². The highest BCUT2D eigenvalue weighted by Crippen LogP contribution is 2.60. The van der Waals surface area contributed by atoms with Crippen LogP contribution in [0.4, 0.5) is 52.7 Å². The molecule has 3 rings (SSSR count). The second-order valence-corrected chi connectivity index (χ2v) is 8.68. The molecule has 0 saturated heterocycles. The van der Waals surface area contributed by atoms with Crippen molar-refractivity contribution in [3.05, 3.63) is 58.7 Å². The summed E-state index contributed by atoms with van der Waals surface area (Å²) in [6, 6.07) is 5.27. The summed E-state index contributed by atoms with van der Waals surface area (Å²) in [4.78, 5) is 0. The van der Waals surface area contributed by atoms with Crippen molar-refractivity contribution in [2.75, 3.05) is 0 Å². The summed E-state index contributed by atoms with van der Waals surface area (Å²) in [6.07, 6.45) is -25.0. The molecule has 0 nitrogen and oxygen atoms in total. The van der Waals surface area contributed by atoms with Gasteiger partial charge in [0.25, 0.3) is 0 Å². The highest BCUT2D eigenvalue weighted by Gasteiger charge is 2.70. The first-order valence-electron chi connectivity index (χ1n) is 10.3. The van der Waals surface area contributed by atoms with Crippen LogP contribution >= 0.6 is 0 Å². The van der Waals surface area contributed by atoms with Gasteiger partial charge in [-0.05, 0) is 72.9 Å². The molecule has 0 atom stereocenters. The van der Waals surface area contributed by atoms with E-state index in [0.29, 0.717) is 12.1 Å². The molecule has 0 spiro atoms. The number of hydrogen-bond donors (Lipinski definition) is 0. The fraction of sp³-hybridized carbons (Fsp3) is 0.478. The van der Waals surface area contributed by atoms with Crippen molar-refractivity contribution >= 4 is 0 Å². The third kappa shape index (κ3) is 5.11. The van der Waals surface area contributed by atoms with Crippen molar-refractivity contribution in [2.45, 2.75) is 63.2 Å². The minimum atomic E-state index is -5.57. The van der Waals surface area contributed by atoms with Gasteiger partial charge in [-0.1, -0.05) is 24.3 Å². The fourth-order valence-corrected chi connectivity index (χ4v) is 4.57. The van der Waals surface area contributed by atoms with Gasteiger partial charge in [-0.3, -0.25) is 0 Å². The number of aryl methyl sites for hydroxylation is 1. The monoisotopic (exact) mass is 522 g/mol. The molecule has 0 radical (unpaired) electrons. The molecule has 35 heavy (non-hydrogen) atoms. The molecule has 0 aromatic heterocycles. The second-order valence-electron chi connectivity index (χ2n) is 8.68. The summed E-state index contributed by atoms with van der Waals surface area (Å²) >= 11 is 0. The molecule has 1 saturated carbocycles. The second kappa shape index (κ2) is 8.62. The average molecular weight is 522 g/mol. The van der Waals surface area contributed by atoms with E-state index >= 15 is 0 Å². The van der Waals surface area contributed by atoms with Crippen molar-refractivity contribution < 1.29 is 52.7 Å². The predicted octanol–water partition coefficient (Wildman–Crippen LogP) is 9.47. The Hall–Kier alpha value is -2.40. The number of halogens is 12. The van der Waals surface area contributed by atoms with Crippen molar-refractivity contribution in [1.29, 1.82) is 0 Å². The maximum atomic E-state index is 13.8. The molecular weight excluding hydrogens is 504 g/mol. The van der Waals surface area contributed by atoms with Crippen molar-refractivity contribution in [3.63, 3.8) is 0 Å². The van der Waals surface area contributed by atoms with Gasteiger partial charge in [-0.15, -0.1) is 0 Å². The van der Waals surface area contributed by atoms with Crippen LogP contribution in [0, 0.1) is 12.3 Å². The summed E-state index contributed by atoms with van der Waals surface area (Å²) < 4.78 is 161. The van der Waals surface area contributed by atoms with Crippen LogP contribution in [-0.4, -0.2) is 12.4 Å². The normalized spacial score (nSPS) is 18.1. The first-order chi connectivity index (χ1) is 15.8. The Labute approximate surface area is 191 Å². The van der Waals surface area contributed by atoms with Gasteiger partial charge in [-0.2, -0.15) is 52.7 Å². The van der Waals surface area contributed by atoms with E-state index < -0.39 is 78.4 Å². The third-order valence-electron chi connectivity index (χ3n) is 6.60. The average Bonchev–Trinajstić information content (AvgIpc) is 2.71. The Morgan fingerprint density at radius 1 is 0.657 bits per heavy atom. The molecule has 12 heteroatoms. The standard InChI is InChI=1S/C23H18F12/c1-12-2-3-15(11-17(12)20(24,25)26)16-5-4-14(10-18(16)21(27,28)29)13-6-8-19(9-7-13,22(30,31)32)23(33,34)35/h2-5,10-11,13H,6-9H2,1H3. The van der Waals surface area contributed by atoms with Crippen molar-refractivity contribution in [1.82, 2.24) is 0 Å². The van der Waals surface area contributed by atoms with E-state index in [1.165, 1.54) is 0 Å². The van der Waals surface area contributed by atoms with E-state index in [1.807, 2.05) is 0 Å². The molecule has 2 aromatic rings. The minimum absolute atomic E-state index is 0.123. The Balaban J connectivity index is 2.00. The van der Waals surface area contributed by atoms with E-state index in [9.17, 15) is 52.7 Å². The molecule has 1 aliphatic carbocycles. The molecule has 0 aliphatic heterocycles. The molecule has 2 aromatic carbocycles. The molecule has 1 fully saturated rings. The lowest BCUT2D eigenvalue weighted by molar-refractivity contribution is -0.350. The Kier molecular flexibility index (Phi) is 6.69. The van der Waals surface area contributed by atoms with Crippen LogP contribution < -0.4 is 0 Å². The van der Waals surface area contributed by atoms with Gasteiger partial charge in [0, 0.05) is 0 Å². The zero-order chi connectivity index (χ0) is 26.6. The van der Waals surface area contributed by atoms with E-state index in [0.717, 1.165) is 31.2 Å². The molecule has 0 N–H and O–H groups in total.